The van der Waals surface area contributed by atoms with Crippen molar-refractivity contribution in [1.82, 2.24) is 9.80 Å². The summed E-state index contributed by atoms with van der Waals surface area (Å²) >= 11 is 5.83. The molecule has 7 heteroatoms. The van der Waals surface area contributed by atoms with Crippen molar-refractivity contribution < 1.29 is 19.1 Å². The van der Waals surface area contributed by atoms with Crippen LogP contribution in [-0.4, -0.2) is 52.7 Å². The second kappa shape index (κ2) is 14.3. The quantitative estimate of drug-likeness (QED) is 0.132. The maximum absolute atomic E-state index is 13.3. The van der Waals surface area contributed by atoms with Crippen molar-refractivity contribution in [3.63, 3.8) is 0 Å². The Hall–Kier alpha value is -2.34. The molecule has 0 aromatic heterocycles. The van der Waals surface area contributed by atoms with Gasteiger partial charge in [0.25, 0.3) is 11.8 Å². The lowest BCUT2D eigenvalue weighted by Crippen LogP contribution is -2.59. The van der Waals surface area contributed by atoms with E-state index >= 15 is 0 Å². The van der Waals surface area contributed by atoms with Crippen LogP contribution in [0.5, 0.6) is 5.75 Å². The highest BCUT2D eigenvalue weighted by Crippen LogP contribution is 2.29. The molecule has 1 heterocycles. The summed E-state index contributed by atoms with van der Waals surface area (Å²) in [7, 11) is 0. The highest BCUT2D eigenvalue weighted by atomic mass is 35.5. The molecule has 1 aliphatic heterocycles. The molecular weight excluding hydrogens is 464 g/mol. The first kappa shape index (κ1) is 27.3. The third kappa shape index (κ3) is 7.57. The predicted molar refractivity (Wildman–Crippen MR) is 139 cm³/mol. The lowest BCUT2D eigenvalue weighted by molar-refractivity contribution is -0.137. The van der Waals surface area contributed by atoms with Gasteiger partial charge in [-0.3, -0.25) is 19.4 Å². The number of unbranched alkanes of at least 4 members (excludes halogenated alkanes) is 5. The number of benzene rings is 1. The number of alkyl halides is 1. The van der Waals surface area contributed by atoms with E-state index in [1.807, 2.05) is 24.3 Å². The molecule has 35 heavy (non-hydrogen) atoms. The lowest BCUT2D eigenvalue weighted by atomic mass is 9.93. The van der Waals surface area contributed by atoms with Gasteiger partial charge in [0.05, 0.1) is 6.61 Å². The summed E-state index contributed by atoms with van der Waals surface area (Å²) in [5, 5.41) is 0. The molecule has 0 unspecified atom stereocenters. The monoisotopic (exact) mass is 502 g/mol. The number of hydrogen-bond acceptors (Lipinski definition) is 4. The first-order valence-electron chi connectivity index (χ1n) is 13.3. The summed E-state index contributed by atoms with van der Waals surface area (Å²) in [4.78, 5) is 42.1. The highest BCUT2D eigenvalue weighted by Gasteiger charge is 2.44. The maximum Gasteiger partial charge on any atom is 0.334 e. The molecular formula is C28H39ClN2O4. The van der Waals surface area contributed by atoms with E-state index in [2.05, 4.69) is 6.92 Å². The first-order valence-corrected chi connectivity index (χ1v) is 13.8. The molecule has 0 radical (unpaired) electrons. The van der Waals surface area contributed by atoms with Crippen molar-refractivity contribution in [1.29, 1.82) is 0 Å². The van der Waals surface area contributed by atoms with Crippen LogP contribution in [0.25, 0.3) is 6.08 Å². The van der Waals surface area contributed by atoms with Crippen LogP contribution in [0.2, 0.25) is 0 Å². The minimum atomic E-state index is -0.541. The number of rotatable bonds is 13. The predicted octanol–water partition coefficient (Wildman–Crippen LogP) is 6.56. The van der Waals surface area contributed by atoms with Crippen LogP contribution in [0.15, 0.2) is 29.8 Å². The fourth-order valence-electron chi connectivity index (χ4n) is 4.77. The van der Waals surface area contributed by atoms with E-state index in [1.165, 1.54) is 41.9 Å². The molecule has 1 saturated carbocycles. The van der Waals surface area contributed by atoms with Crippen LogP contribution in [-0.2, 0) is 9.59 Å². The normalized spacial score (nSPS) is 18.6. The number of carbonyl (C=O) groups is 3. The average Bonchev–Trinajstić information content (AvgIpc) is 2.87. The summed E-state index contributed by atoms with van der Waals surface area (Å²) < 4.78 is 5.84. The second-order valence-electron chi connectivity index (χ2n) is 9.49. The van der Waals surface area contributed by atoms with Gasteiger partial charge in [-0.25, -0.2) is 4.79 Å². The minimum absolute atomic E-state index is 0.0329. The Kier molecular flexibility index (Phi) is 11.1. The molecule has 2 fully saturated rings. The van der Waals surface area contributed by atoms with Crippen LogP contribution in [0.4, 0.5) is 4.79 Å². The van der Waals surface area contributed by atoms with Gasteiger partial charge in [0.15, 0.2) is 0 Å². The SMILES string of the molecule is CCCCCCCCOc1ccc(/C=C2/C(=O)N(CCCCl)C(=O)N(C3CCCCC3)C2=O)cc1. The van der Waals surface area contributed by atoms with Gasteiger partial charge in [0.1, 0.15) is 11.3 Å². The summed E-state index contributed by atoms with van der Waals surface area (Å²) in [6, 6.07) is 6.74. The van der Waals surface area contributed by atoms with E-state index in [1.54, 1.807) is 6.08 Å². The third-order valence-electron chi connectivity index (χ3n) is 6.77. The number of hydrogen-bond donors (Lipinski definition) is 0. The third-order valence-corrected chi connectivity index (χ3v) is 7.04. The van der Waals surface area contributed by atoms with E-state index in [0.717, 1.165) is 49.8 Å². The molecule has 1 aliphatic carbocycles. The highest BCUT2D eigenvalue weighted by molar-refractivity contribution is 6.31. The Morgan fingerprint density at radius 2 is 1.60 bits per heavy atom. The molecule has 0 spiro atoms. The van der Waals surface area contributed by atoms with Gasteiger partial charge in [-0.15, -0.1) is 11.6 Å². The summed E-state index contributed by atoms with van der Waals surface area (Å²) in [5.74, 6) is 0.0796. The molecule has 6 nitrogen and oxygen atoms in total. The number of carbonyl (C=O) groups excluding carboxylic acids is 3. The first-order chi connectivity index (χ1) is 17.1. The van der Waals surface area contributed by atoms with E-state index in [0.29, 0.717) is 18.9 Å². The summed E-state index contributed by atoms with van der Waals surface area (Å²) in [6.07, 6.45) is 14.0. The zero-order valence-electron chi connectivity index (χ0n) is 21.0. The number of urea groups is 1. The molecule has 1 saturated heterocycles. The van der Waals surface area contributed by atoms with Crippen LogP contribution in [0.1, 0.15) is 89.5 Å². The average molecular weight is 503 g/mol. The molecule has 1 aromatic rings. The van der Waals surface area contributed by atoms with E-state index in [-0.39, 0.29) is 18.2 Å². The van der Waals surface area contributed by atoms with Crippen LogP contribution in [0.3, 0.4) is 0 Å². The van der Waals surface area contributed by atoms with Gasteiger partial charge < -0.3 is 4.74 Å². The molecule has 4 amide bonds. The zero-order chi connectivity index (χ0) is 25.0. The fraction of sp³-hybridized carbons (Fsp3) is 0.607. The number of ether oxygens (including phenoxy) is 1. The molecule has 192 valence electrons. The summed E-state index contributed by atoms with van der Waals surface area (Å²) in [5.41, 5.74) is 0.759. The molecule has 3 rings (SSSR count). The Bertz CT molecular complexity index is 877. The second-order valence-corrected chi connectivity index (χ2v) is 9.87. The lowest BCUT2D eigenvalue weighted by Gasteiger charge is -2.39. The number of barbiturate groups is 1. The summed E-state index contributed by atoms with van der Waals surface area (Å²) in [6.45, 7) is 3.10. The van der Waals surface area contributed by atoms with Gasteiger partial charge in [-0.2, -0.15) is 0 Å². The van der Waals surface area contributed by atoms with Gasteiger partial charge in [0.2, 0.25) is 0 Å². The molecule has 0 atom stereocenters. The fourth-order valence-corrected chi connectivity index (χ4v) is 4.89. The van der Waals surface area contributed by atoms with E-state index in [9.17, 15) is 14.4 Å². The molecule has 0 N–H and O–H groups in total. The zero-order valence-corrected chi connectivity index (χ0v) is 21.7. The maximum atomic E-state index is 13.3. The number of imide groups is 2. The van der Waals surface area contributed by atoms with Gasteiger partial charge >= 0.3 is 6.03 Å². The number of amides is 4. The van der Waals surface area contributed by atoms with Gasteiger partial charge in [-0.1, -0.05) is 70.4 Å². The van der Waals surface area contributed by atoms with Gasteiger partial charge in [-0.05, 0) is 49.5 Å². The van der Waals surface area contributed by atoms with E-state index < -0.39 is 17.8 Å². The van der Waals surface area contributed by atoms with Crippen molar-refractivity contribution in [3.05, 3.63) is 35.4 Å². The van der Waals surface area contributed by atoms with Crippen LogP contribution < -0.4 is 4.74 Å². The smallest absolute Gasteiger partial charge is 0.334 e. The Labute approximate surface area is 214 Å². The number of halogens is 1. The topological polar surface area (TPSA) is 66.9 Å². The molecule has 0 bridgehead atoms. The van der Waals surface area contributed by atoms with Crippen molar-refractivity contribution in [3.8, 4) is 5.75 Å². The van der Waals surface area contributed by atoms with Crippen LogP contribution in [0, 0.1) is 0 Å². The van der Waals surface area contributed by atoms with Crippen molar-refractivity contribution in [2.45, 2.75) is 90.0 Å². The Morgan fingerprint density at radius 1 is 0.914 bits per heavy atom. The largest absolute Gasteiger partial charge is 0.494 e. The van der Waals surface area contributed by atoms with Crippen molar-refractivity contribution in [2.24, 2.45) is 0 Å². The van der Waals surface area contributed by atoms with Gasteiger partial charge in [0, 0.05) is 18.5 Å². The Morgan fingerprint density at radius 3 is 2.29 bits per heavy atom. The van der Waals surface area contributed by atoms with Crippen LogP contribution >= 0.6 is 11.6 Å². The standard InChI is InChI=1S/C28H39ClN2O4/c1-2-3-4-5-6-10-20-35-24-16-14-22(15-17-24)21-25-26(32)30(19-11-18-29)28(34)31(27(25)33)23-12-8-7-9-13-23/h14-17,21,23H,2-13,18-20H2,1H3/b25-21-. The van der Waals surface area contributed by atoms with Crippen molar-refractivity contribution >= 4 is 35.5 Å². The number of nitrogens with zero attached hydrogens (tertiary/aromatic N) is 2. The van der Waals surface area contributed by atoms with Crippen molar-refractivity contribution in [2.75, 3.05) is 19.0 Å². The Balaban J connectivity index is 1.69. The molecule has 2 aliphatic rings. The minimum Gasteiger partial charge on any atom is -0.494 e. The van der Waals surface area contributed by atoms with E-state index in [4.69, 9.17) is 16.3 Å². The molecule has 1 aromatic carbocycles.